The predicted octanol–water partition coefficient (Wildman–Crippen LogP) is 6.11. The number of ketones is 1. The molecule has 4 rings (SSSR count). The fourth-order valence-electron chi connectivity index (χ4n) is 3.98. The molecule has 2 heterocycles. The summed E-state index contributed by atoms with van der Waals surface area (Å²) >= 11 is 6.52. The number of rotatable bonds is 12. The fraction of sp³-hybridized carbons (Fsp3) is 0.226. The molecule has 0 fully saturated rings. The molecule has 40 heavy (non-hydrogen) atoms. The Morgan fingerprint density at radius 3 is 2.80 bits per heavy atom. The number of fused-ring (bicyclic) bond motifs is 1. The number of halogens is 1. The van der Waals surface area contributed by atoms with E-state index in [0.717, 1.165) is 10.6 Å². The van der Waals surface area contributed by atoms with Gasteiger partial charge in [0.05, 0.1) is 34.1 Å². The molecular weight excluding hydrogens is 526 g/mol. The zero-order valence-electron chi connectivity index (χ0n) is 25.1. The van der Waals surface area contributed by atoms with Crippen LogP contribution >= 0.6 is 11.6 Å². The molecule has 1 N–H and O–H groups in total. The number of nitrogens with one attached hydrogen (secondary N) is 1. The Balaban J connectivity index is 1.61. The van der Waals surface area contributed by atoms with Crippen LogP contribution in [0.15, 0.2) is 73.1 Å². The Bertz CT molecular complexity index is 1670. The van der Waals surface area contributed by atoms with Gasteiger partial charge in [-0.3, -0.25) is 14.8 Å². The summed E-state index contributed by atoms with van der Waals surface area (Å²) in [4.78, 5) is 22.7. The maximum Gasteiger partial charge on any atom is 0.159 e. The first-order valence-corrected chi connectivity index (χ1v) is 12.9. The van der Waals surface area contributed by atoms with Gasteiger partial charge in [0.2, 0.25) is 0 Å². The summed E-state index contributed by atoms with van der Waals surface area (Å²) in [6.07, 6.45) is 6.05. The third-order valence-corrected chi connectivity index (χ3v) is 6.12. The minimum absolute atomic E-state index is 0.00358. The highest BCUT2D eigenvalue weighted by Gasteiger charge is 2.16. The molecule has 0 saturated carbocycles. The van der Waals surface area contributed by atoms with E-state index in [4.69, 9.17) is 25.2 Å². The first kappa shape index (κ1) is 24.6. The van der Waals surface area contributed by atoms with Gasteiger partial charge in [-0.2, -0.15) is 5.26 Å². The number of carbonyl (C=O) groups excluding carboxylic acids is 1. The van der Waals surface area contributed by atoms with Crippen LogP contribution in [0.5, 0.6) is 11.5 Å². The highest BCUT2D eigenvalue weighted by atomic mass is 35.5. The first-order chi connectivity index (χ1) is 20.6. The number of nitrogens with zero attached hydrogens (tertiary/aromatic N) is 4. The van der Waals surface area contributed by atoms with Crippen LogP contribution in [-0.2, 0) is 17.8 Å². The molecular formula is C31H30ClN5O3. The SMILES string of the molecule is [2H]C([2H])([2H])N(C)C/C=C/C(=O)Cc1cc2c(Nc3ccc(OCc4ccccn4)c(Cl)c3)c(C#N)cnc2cc1OCC. The largest absolute Gasteiger partial charge is 0.494 e. The number of pyridine rings is 2. The Morgan fingerprint density at radius 1 is 1.20 bits per heavy atom. The van der Waals surface area contributed by atoms with E-state index >= 15 is 0 Å². The number of allylic oxidation sites excluding steroid dienone is 1. The van der Waals surface area contributed by atoms with Crippen molar-refractivity contribution in [3.63, 3.8) is 0 Å². The predicted molar refractivity (Wildman–Crippen MR) is 157 cm³/mol. The first-order valence-electron chi connectivity index (χ1n) is 14.1. The molecule has 0 spiro atoms. The van der Waals surface area contributed by atoms with Crippen molar-refractivity contribution in [3.8, 4) is 17.6 Å². The molecule has 2 aromatic carbocycles. The number of anilines is 2. The molecule has 0 unspecified atom stereocenters. The van der Waals surface area contributed by atoms with Crippen LogP contribution in [0.1, 0.15) is 27.9 Å². The average Bonchev–Trinajstić information content (AvgIpc) is 2.97. The van der Waals surface area contributed by atoms with E-state index in [1.54, 1.807) is 36.5 Å². The molecule has 0 aliphatic carbocycles. The third kappa shape index (κ3) is 7.35. The van der Waals surface area contributed by atoms with Crippen molar-refractivity contribution in [1.82, 2.24) is 14.9 Å². The summed E-state index contributed by atoms with van der Waals surface area (Å²) in [5.74, 6) is 0.751. The van der Waals surface area contributed by atoms with Gasteiger partial charge in [0, 0.05) is 52.2 Å². The second-order valence-electron chi connectivity index (χ2n) is 8.87. The number of hydrogen-bond acceptors (Lipinski definition) is 8. The minimum Gasteiger partial charge on any atom is -0.494 e. The van der Waals surface area contributed by atoms with Gasteiger partial charge in [-0.25, -0.2) is 0 Å². The number of hydrogen-bond donors (Lipinski definition) is 1. The molecule has 2 aromatic heterocycles. The topological polar surface area (TPSA) is 100 Å². The summed E-state index contributed by atoms with van der Waals surface area (Å²) in [7, 11) is 1.46. The summed E-state index contributed by atoms with van der Waals surface area (Å²) in [6.45, 7) is 0.320. The number of benzene rings is 2. The maximum absolute atomic E-state index is 12.8. The number of ether oxygens (including phenoxy) is 2. The van der Waals surface area contributed by atoms with Gasteiger partial charge >= 0.3 is 0 Å². The number of carbonyl (C=O) groups is 1. The Hall–Kier alpha value is -4.45. The zero-order valence-corrected chi connectivity index (χ0v) is 22.9. The van der Waals surface area contributed by atoms with Gasteiger partial charge in [-0.1, -0.05) is 23.7 Å². The third-order valence-electron chi connectivity index (χ3n) is 5.82. The van der Waals surface area contributed by atoms with E-state index in [-0.39, 0.29) is 25.4 Å². The van der Waals surface area contributed by atoms with E-state index in [2.05, 4.69) is 21.4 Å². The van der Waals surface area contributed by atoms with Gasteiger partial charge < -0.3 is 19.7 Å². The molecule has 204 valence electrons. The van der Waals surface area contributed by atoms with Gasteiger partial charge in [0.1, 0.15) is 24.2 Å². The zero-order chi connectivity index (χ0) is 31.0. The second kappa shape index (κ2) is 13.6. The summed E-state index contributed by atoms with van der Waals surface area (Å²) < 4.78 is 33.9. The van der Waals surface area contributed by atoms with Crippen molar-refractivity contribution < 1.29 is 18.4 Å². The van der Waals surface area contributed by atoms with Crippen LogP contribution in [0.2, 0.25) is 5.02 Å². The Kier molecular flexibility index (Phi) is 8.33. The average molecular weight is 559 g/mol. The molecule has 8 nitrogen and oxygen atoms in total. The van der Waals surface area contributed by atoms with E-state index < -0.39 is 6.98 Å². The lowest BCUT2D eigenvalue weighted by molar-refractivity contribution is -0.114. The molecule has 0 aliphatic heterocycles. The lowest BCUT2D eigenvalue weighted by atomic mass is 10.0. The van der Waals surface area contributed by atoms with Crippen molar-refractivity contribution in [2.75, 3.05) is 32.5 Å². The standard InChI is InChI=1S/C31H30ClN5O3/c1-4-39-30-17-28-26(15-21(30)14-25(38)9-7-13-37(2)3)31(22(18-33)19-35-28)36-23-10-11-29(27(32)16-23)40-20-24-8-5-6-12-34-24/h5-12,15-17,19H,4,13-14,20H2,1-3H3,(H,35,36)/b9-7+/i2D3. The Morgan fingerprint density at radius 2 is 2.08 bits per heavy atom. The fourth-order valence-corrected chi connectivity index (χ4v) is 4.21. The summed E-state index contributed by atoms with van der Waals surface area (Å²) in [5, 5.41) is 14.1. The lowest BCUT2D eigenvalue weighted by Crippen LogP contribution is -2.11. The lowest BCUT2D eigenvalue weighted by Gasteiger charge is -2.16. The van der Waals surface area contributed by atoms with Crippen LogP contribution in [0.25, 0.3) is 10.9 Å². The van der Waals surface area contributed by atoms with Crippen molar-refractivity contribution in [1.29, 1.82) is 5.26 Å². The molecule has 0 saturated heterocycles. The Labute approximate surface area is 243 Å². The summed E-state index contributed by atoms with van der Waals surface area (Å²) in [5.41, 5.74) is 3.35. The minimum atomic E-state index is -2.25. The van der Waals surface area contributed by atoms with Gasteiger partial charge in [0.25, 0.3) is 0 Å². The highest BCUT2D eigenvalue weighted by Crippen LogP contribution is 2.36. The van der Waals surface area contributed by atoms with Crippen LogP contribution < -0.4 is 14.8 Å². The molecule has 0 radical (unpaired) electrons. The van der Waals surface area contributed by atoms with Crippen molar-refractivity contribution in [3.05, 3.63) is 94.9 Å². The van der Waals surface area contributed by atoms with Crippen LogP contribution in [0.3, 0.4) is 0 Å². The number of aromatic nitrogens is 2. The smallest absolute Gasteiger partial charge is 0.159 e. The van der Waals surface area contributed by atoms with Crippen molar-refractivity contribution in [2.24, 2.45) is 0 Å². The van der Waals surface area contributed by atoms with Crippen LogP contribution in [0, 0.1) is 11.3 Å². The second-order valence-corrected chi connectivity index (χ2v) is 9.28. The van der Waals surface area contributed by atoms with Gasteiger partial charge in [-0.05, 0) is 63.4 Å². The molecule has 4 aromatic rings. The van der Waals surface area contributed by atoms with E-state index in [1.165, 1.54) is 25.4 Å². The molecule has 9 heteroatoms. The van der Waals surface area contributed by atoms with E-state index in [0.29, 0.717) is 56.5 Å². The highest BCUT2D eigenvalue weighted by molar-refractivity contribution is 6.32. The molecule has 0 amide bonds. The van der Waals surface area contributed by atoms with E-state index in [9.17, 15) is 10.1 Å². The van der Waals surface area contributed by atoms with Crippen LogP contribution in [-0.4, -0.2) is 47.8 Å². The van der Waals surface area contributed by atoms with Crippen molar-refractivity contribution >= 4 is 39.7 Å². The summed E-state index contributed by atoms with van der Waals surface area (Å²) in [6, 6.07) is 16.5. The normalized spacial score (nSPS) is 12.5. The van der Waals surface area contributed by atoms with Crippen LogP contribution in [0.4, 0.5) is 11.4 Å². The molecule has 0 bridgehead atoms. The molecule has 0 aliphatic rings. The van der Waals surface area contributed by atoms with Gasteiger partial charge in [-0.15, -0.1) is 0 Å². The van der Waals surface area contributed by atoms with E-state index in [1.807, 2.05) is 25.1 Å². The van der Waals surface area contributed by atoms with Crippen molar-refractivity contribution in [2.45, 2.75) is 20.0 Å². The number of likely N-dealkylation sites (N-methyl/N-ethyl adjacent to an activating group) is 1. The maximum atomic E-state index is 12.8. The monoisotopic (exact) mass is 558 g/mol. The number of nitriles is 1. The molecule has 0 atom stereocenters. The van der Waals surface area contributed by atoms with Gasteiger partial charge in [0.15, 0.2) is 5.78 Å². The quantitative estimate of drug-likeness (QED) is 0.208.